The Morgan fingerprint density at radius 2 is 1.97 bits per heavy atom. The molecule has 3 aromatic rings. The fraction of sp³-hybridized carbons (Fsp3) is 0.316. The molecule has 0 spiro atoms. The minimum absolute atomic E-state index is 0.227. The molecule has 0 saturated heterocycles. The molecule has 1 aromatic carbocycles. The minimum atomic E-state index is -0.527. The van der Waals surface area contributed by atoms with Crippen molar-refractivity contribution in [2.45, 2.75) is 33.9 Å². The first kappa shape index (κ1) is 20.9. The maximum Gasteiger partial charge on any atom is 0.340 e. The van der Waals surface area contributed by atoms with E-state index in [9.17, 15) is 14.4 Å². The van der Waals surface area contributed by atoms with Crippen LogP contribution in [0.15, 0.2) is 29.1 Å². The number of benzene rings is 1. The summed E-state index contributed by atoms with van der Waals surface area (Å²) in [4.78, 5) is 42.1. The number of amides is 1. The zero-order valence-electron chi connectivity index (χ0n) is 16.2. The molecule has 0 bridgehead atoms. The molecule has 1 N–H and O–H groups in total. The first-order chi connectivity index (χ1) is 13.9. The fourth-order valence-corrected chi connectivity index (χ4v) is 4.32. The summed E-state index contributed by atoms with van der Waals surface area (Å²) in [6.45, 7) is 5.91. The number of thiazole rings is 1. The predicted molar refractivity (Wildman–Crippen MR) is 114 cm³/mol. The second kappa shape index (κ2) is 8.66. The van der Waals surface area contributed by atoms with Gasteiger partial charge in [0.15, 0.2) is 9.60 Å². The monoisotopic (exact) mass is 432 g/mol. The lowest BCUT2D eigenvalue weighted by Crippen LogP contribution is -2.30. The number of carbonyl (C=O) groups excluding carboxylic acids is 2. The number of ether oxygens (including phenoxy) is 1. The number of carbonyl (C=O) groups is 2. The lowest BCUT2D eigenvalue weighted by molar-refractivity contribution is -0.116. The van der Waals surface area contributed by atoms with E-state index < -0.39 is 11.9 Å². The first-order valence-electron chi connectivity index (χ1n) is 9.04. The molecule has 0 aliphatic rings. The molecule has 0 unspecified atom stereocenters. The summed E-state index contributed by atoms with van der Waals surface area (Å²) in [5.41, 5.74) is 0.792. The number of esters is 1. The zero-order chi connectivity index (χ0) is 21.1. The average molecular weight is 433 g/mol. The molecule has 1 amide bonds. The largest absolute Gasteiger partial charge is 0.462 e. The van der Waals surface area contributed by atoms with Crippen LogP contribution in [0.4, 0.5) is 5.69 Å². The molecule has 0 atom stereocenters. The van der Waals surface area contributed by atoms with Gasteiger partial charge in [0, 0.05) is 6.54 Å². The van der Waals surface area contributed by atoms with Crippen molar-refractivity contribution in [1.29, 1.82) is 0 Å². The number of para-hydroxylation sites is 1. The summed E-state index contributed by atoms with van der Waals surface area (Å²) in [6.07, 6.45) is 0. The summed E-state index contributed by atoms with van der Waals surface area (Å²) in [5, 5.41) is 2.68. The highest BCUT2D eigenvalue weighted by Gasteiger charge is 2.18. The average Bonchev–Trinajstić information content (AvgIpc) is 3.01. The third-order valence-corrected chi connectivity index (χ3v) is 5.71. The standard InChI is InChI=1S/C19H20N4O4S2/c1-4-22-16-15(29-19(22)28)17(25)23(11(3)20-16)10-14(24)21-13-9-7-6-8-12(13)18(26)27-5-2/h6-9H,4-5,10H2,1-3H3,(H,21,24). The number of hydrogen-bond donors (Lipinski definition) is 1. The molecular weight excluding hydrogens is 412 g/mol. The van der Waals surface area contributed by atoms with E-state index in [0.717, 1.165) is 0 Å². The Morgan fingerprint density at radius 3 is 2.66 bits per heavy atom. The molecule has 8 nitrogen and oxygen atoms in total. The Bertz CT molecular complexity index is 1210. The smallest absolute Gasteiger partial charge is 0.340 e. The van der Waals surface area contributed by atoms with Gasteiger partial charge in [-0.25, -0.2) is 9.78 Å². The highest BCUT2D eigenvalue weighted by Crippen LogP contribution is 2.19. The number of aromatic nitrogens is 3. The number of hydrogen-bond acceptors (Lipinski definition) is 7. The molecule has 0 saturated carbocycles. The Morgan fingerprint density at radius 1 is 1.24 bits per heavy atom. The van der Waals surface area contributed by atoms with Crippen molar-refractivity contribution < 1.29 is 14.3 Å². The number of aryl methyl sites for hydroxylation is 2. The summed E-state index contributed by atoms with van der Waals surface area (Å²) in [5.74, 6) is -0.571. The van der Waals surface area contributed by atoms with Crippen molar-refractivity contribution in [3.8, 4) is 0 Å². The van der Waals surface area contributed by atoms with Crippen molar-refractivity contribution in [3.63, 3.8) is 0 Å². The Hall–Kier alpha value is -2.85. The maximum absolute atomic E-state index is 12.9. The molecule has 3 rings (SSSR count). The van der Waals surface area contributed by atoms with Gasteiger partial charge in [-0.3, -0.25) is 14.2 Å². The van der Waals surface area contributed by atoms with Crippen LogP contribution in [0, 0.1) is 10.9 Å². The molecule has 0 fully saturated rings. The van der Waals surface area contributed by atoms with Crippen molar-refractivity contribution in [1.82, 2.24) is 14.1 Å². The van der Waals surface area contributed by atoms with Crippen molar-refractivity contribution in [2.75, 3.05) is 11.9 Å². The molecule has 29 heavy (non-hydrogen) atoms. The normalized spacial score (nSPS) is 10.9. The summed E-state index contributed by atoms with van der Waals surface area (Å²) in [6, 6.07) is 6.55. The highest BCUT2D eigenvalue weighted by atomic mass is 32.1. The second-order valence-corrected chi connectivity index (χ2v) is 7.77. The Kier molecular flexibility index (Phi) is 6.23. The lowest BCUT2D eigenvalue weighted by atomic mass is 10.2. The quantitative estimate of drug-likeness (QED) is 0.475. The molecule has 0 aliphatic carbocycles. The van der Waals surface area contributed by atoms with Crippen LogP contribution >= 0.6 is 23.6 Å². The molecule has 2 heterocycles. The van der Waals surface area contributed by atoms with Crippen LogP contribution in [0.3, 0.4) is 0 Å². The molecule has 2 aromatic heterocycles. The first-order valence-corrected chi connectivity index (χ1v) is 10.3. The van der Waals surface area contributed by atoms with Gasteiger partial charge in [0.1, 0.15) is 17.1 Å². The predicted octanol–water partition coefficient (Wildman–Crippen LogP) is 3.13. The zero-order valence-corrected chi connectivity index (χ0v) is 17.9. The van der Waals surface area contributed by atoms with E-state index in [1.54, 1.807) is 42.7 Å². The van der Waals surface area contributed by atoms with Gasteiger partial charge in [-0.2, -0.15) is 0 Å². The van der Waals surface area contributed by atoms with E-state index >= 15 is 0 Å². The van der Waals surface area contributed by atoms with Crippen LogP contribution in [-0.2, 0) is 22.6 Å². The molecular formula is C19H20N4O4S2. The Balaban J connectivity index is 1.91. The minimum Gasteiger partial charge on any atom is -0.462 e. The van der Waals surface area contributed by atoms with Crippen LogP contribution in [-0.4, -0.2) is 32.6 Å². The van der Waals surface area contributed by atoms with Crippen LogP contribution in [0.2, 0.25) is 0 Å². The number of nitrogens with one attached hydrogen (secondary N) is 1. The molecule has 152 valence electrons. The van der Waals surface area contributed by atoms with E-state index in [0.29, 0.717) is 32.4 Å². The highest BCUT2D eigenvalue weighted by molar-refractivity contribution is 7.73. The van der Waals surface area contributed by atoms with E-state index in [4.69, 9.17) is 17.0 Å². The van der Waals surface area contributed by atoms with Crippen LogP contribution in [0.1, 0.15) is 30.0 Å². The number of nitrogens with zero attached hydrogens (tertiary/aromatic N) is 3. The third kappa shape index (κ3) is 4.13. The maximum atomic E-state index is 12.9. The van der Waals surface area contributed by atoms with Crippen LogP contribution in [0.5, 0.6) is 0 Å². The van der Waals surface area contributed by atoms with Gasteiger partial charge in [0.25, 0.3) is 5.56 Å². The summed E-state index contributed by atoms with van der Waals surface area (Å²) >= 11 is 6.49. The summed E-state index contributed by atoms with van der Waals surface area (Å²) in [7, 11) is 0. The molecule has 10 heteroatoms. The lowest BCUT2D eigenvalue weighted by Gasteiger charge is -2.12. The molecule has 0 radical (unpaired) electrons. The van der Waals surface area contributed by atoms with Gasteiger partial charge in [-0.05, 0) is 45.1 Å². The SMILES string of the molecule is CCOC(=O)c1ccccc1NC(=O)Cn1c(C)nc2c(sc(=S)n2CC)c1=O. The van der Waals surface area contributed by atoms with Gasteiger partial charge in [-0.15, -0.1) is 0 Å². The van der Waals surface area contributed by atoms with Crippen molar-refractivity contribution in [2.24, 2.45) is 0 Å². The Labute approximate surface area is 175 Å². The third-order valence-electron chi connectivity index (χ3n) is 4.28. The van der Waals surface area contributed by atoms with Crippen LogP contribution in [0.25, 0.3) is 10.3 Å². The van der Waals surface area contributed by atoms with E-state index in [1.165, 1.54) is 15.9 Å². The van der Waals surface area contributed by atoms with Gasteiger partial charge in [0.2, 0.25) is 5.91 Å². The van der Waals surface area contributed by atoms with Crippen molar-refractivity contribution >= 4 is 51.5 Å². The fourth-order valence-electron chi connectivity index (χ4n) is 2.91. The van der Waals surface area contributed by atoms with Gasteiger partial charge in [-0.1, -0.05) is 23.5 Å². The molecule has 0 aliphatic heterocycles. The topological polar surface area (TPSA) is 95.2 Å². The van der Waals surface area contributed by atoms with Gasteiger partial charge < -0.3 is 14.6 Å². The van der Waals surface area contributed by atoms with Crippen molar-refractivity contribution in [3.05, 3.63) is 50.0 Å². The van der Waals surface area contributed by atoms with E-state index in [-0.39, 0.29) is 24.3 Å². The number of fused-ring (bicyclic) bond motifs is 1. The van der Waals surface area contributed by atoms with Gasteiger partial charge >= 0.3 is 5.97 Å². The van der Waals surface area contributed by atoms with Gasteiger partial charge in [0.05, 0.1) is 17.9 Å². The summed E-state index contributed by atoms with van der Waals surface area (Å²) < 4.78 is 9.10. The number of anilines is 1. The van der Waals surface area contributed by atoms with E-state index in [2.05, 4.69) is 10.3 Å². The number of rotatable bonds is 6. The van der Waals surface area contributed by atoms with E-state index in [1.807, 2.05) is 6.92 Å². The second-order valence-electron chi connectivity index (χ2n) is 6.13. The van der Waals surface area contributed by atoms with Crippen LogP contribution < -0.4 is 10.9 Å².